The standard InChI is InChI=1S/C15H20ClN3S/c1-9(2)14-17-13(16)10(3)15(18-14)19(5)11(4)12-7-6-8-20-12/h6-9,11H,1-5H3. The fraction of sp³-hybridized carbons (Fsp3) is 0.467. The molecule has 0 fully saturated rings. The Bertz CT molecular complexity index is 581. The molecule has 0 aliphatic rings. The van der Waals surface area contributed by atoms with Crippen LogP contribution >= 0.6 is 22.9 Å². The molecule has 0 saturated heterocycles. The van der Waals surface area contributed by atoms with Gasteiger partial charge in [0.2, 0.25) is 0 Å². The molecular weight excluding hydrogens is 290 g/mol. The van der Waals surface area contributed by atoms with E-state index in [2.05, 4.69) is 55.2 Å². The monoisotopic (exact) mass is 309 g/mol. The van der Waals surface area contributed by atoms with Crippen molar-refractivity contribution in [1.29, 1.82) is 0 Å². The molecule has 0 saturated carbocycles. The van der Waals surface area contributed by atoms with Gasteiger partial charge >= 0.3 is 0 Å². The summed E-state index contributed by atoms with van der Waals surface area (Å²) in [6.07, 6.45) is 0. The van der Waals surface area contributed by atoms with Gasteiger partial charge in [0.15, 0.2) is 0 Å². The lowest BCUT2D eigenvalue weighted by atomic mass is 10.2. The van der Waals surface area contributed by atoms with Crippen LogP contribution in [-0.2, 0) is 0 Å². The SMILES string of the molecule is Cc1c(Cl)nc(C(C)C)nc1N(C)C(C)c1cccs1. The Hall–Kier alpha value is -1.13. The summed E-state index contributed by atoms with van der Waals surface area (Å²) in [4.78, 5) is 12.5. The first-order valence-corrected chi connectivity index (χ1v) is 7.97. The topological polar surface area (TPSA) is 29.0 Å². The minimum atomic E-state index is 0.261. The third kappa shape index (κ3) is 2.96. The maximum atomic E-state index is 6.26. The van der Waals surface area contributed by atoms with Gasteiger partial charge in [0.1, 0.15) is 16.8 Å². The Kier molecular flexibility index (Phi) is 4.66. The Morgan fingerprint density at radius 3 is 2.50 bits per heavy atom. The molecule has 0 aliphatic heterocycles. The van der Waals surface area contributed by atoms with E-state index >= 15 is 0 Å². The first-order valence-electron chi connectivity index (χ1n) is 6.72. The van der Waals surface area contributed by atoms with E-state index in [0.717, 1.165) is 17.2 Å². The summed E-state index contributed by atoms with van der Waals surface area (Å²) in [5, 5.41) is 2.64. The van der Waals surface area contributed by atoms with Crippen molar-refractivity contribution in [3.05, 3.63) is 38.9 Å². The molecular formula is C15H20ClN3S. The second-order valence-electron chi connectivity index (χ2n) is 5.28. The van der Waals surface area contributed by atoms with Crippen molar-refractivity contribution in [2.45, 2.75) is 39.7 Å². The van der Waals surface area contributed by atoms with Crippen molar-refractivity contribution < 1.29 is 0 Å². The van der Waals surface area contributed by atoms with Crippen molar-refractivity contribution >= 4 is 28.8 Å². The average Bonchev–Trinajstić information content (AvgIpc) is 2.93. The van der Waals surface area contributed by atoms with Gasteiger partial charge in [0.25, 0.3) is 0 Å². The normalized spacial score (nSPS) is 12.8. The highest BCUT2D eigenvalue weighted by atomic mass is 35.5. The van der Waals surface area contributed by atoms with Gasteiger partial charge in [-0.25, -0.2) is 9.97 Å². The third-order valence-corrected chi connectivity index (χ3v) is 4.87. The molecule has 2 heterocycles. The van der Waals surface area contributed by atoms with Crippen LogP contribution in [0.25, 0.3) is 0 Å². The quantitative estimate of drug-likeness (QED) is 0.758. The molecule has 0 radical (unpaired) electrons. The number of thiophene rings is 1. The second-order valence-corrected chi connectivity index (χ2v) is 6.62. The van der Waals surface area contributed by atoms with Crippen LogP contribution in [0.1, 0.15) is 49.0 Å². The molecule has 2 aromatic rings. The first kappa shape index (κ1) is 15.3. The molecule has 108 valence electrons. The molecule has 2 aromatic heterocycles. The zero-order chi connectivity index (χ0) is 14.9. The zero-order valence-corrected chi connectivity index (χ0v) is 14.1. The highest BCUT2D eigenvalue weighted by Crippen LogP contribution is 2.31. The lowest BCUT2D eigenvalue weighted by Crippen LogP contribution is -2.24. The van der Waals surface area contributed by atoms with Gasteiger partial charge in [-0.15, -0.1) is 11.3 Å². The largest absolute Gasteiger partial charge is 0.352 e. The number of hydrogen-bond acceptors (Lipinski definition) is 4. The number of nitrogens with zero attached hydrogens (tertiary/aromatic N) is 3. The van der Waals surface area contributed by atoms with Gasteiger partial charge in [-0.2, -0.15) is 0 Å². The van der Waals surface area contributed by atoms with Gasteiger partial charge in [-0.05, 0) is 25.3 Å². The lowest BCUT2D eigenvalue weighted by Gasteiger charge is -2.27. The number of aromatic nitrogens is 2. The van der Waals surface area contributed by atoms with Crippen LogP contribution < -0.4 is 4.90 Å². The Balaban J connectivity index is 2.41. The molecule has 0 spiro atoms. The molecule has 1 atom stereocenters. The van der Waals surface area contributed by atoms with Crippen molar-refractivity contribution in [2.75, 3.05) is 11.9 Å². The highest BCUT2D eigenvalue weighted by Gasteiger charge is 2.20. The van der Waals surface area contributed by atoms with Crippen LogP contribution in [0.4, 0.5) is 5.82 Å². The number of halogens is 1. The summed E-state index contributed by atoms with van der Waals surface area (Å²) < 4.78 is 0. The molecule has 0 bridgehead atoms. The minimum absolute atomic E-state index is 0.261. The molecule has 1 unspecified atom stereocenters. The minimum Gasteiger partial charge on any atom is -0.352 e. The van der Waals surface area contributed by atoms with E-state index in [1.165, 1.54) is 4.88 Å². The van der Waals surface area contributed by atoms with E-state index in [1.807, 2.05) is 6.92 Å². The highest BCUT2D eigenvalue weighted by molar-refractivity contribution is 7.10. The summed E-state index contributed by atoms with van der Waals surface area (Å²) in [6.45, 7) is 8.30. The molecule has 0 aromatic carbocycles. The zero-order valence-electron chi connectivity index (χ0n) is 12.5. The van der Waals surface area contributed by atoms with Crippen LogP contribution in [-0.4, -0.2) is 17.0 Å². The predicted molar refractivity (Wildman–Crippen MR) is 87.0 cm³/mol. The van der Waals surface area contributed by atoms with Gasteiger partial charge in [0.05, 0.1) is 6.04 Å². The lowest BCUT2D eigenvalue weighted by molar-refractivity contribution is 0.713. The maximum Gasteiger partial charge on any atom is 0.137 e. The van der Waals surface area contributed by atoms with Crippen molar-refractivity contribution in [3.8, 4) is 0 Å². The van der Waals surface area contributed by atoms with Crippen molar-refractivity contribution in [3.63, 3.8) is 0 Å². The summed E-state index contributed by atoms with van der Waals surface area (Å²) in [5.41, 5.74) is 0.932. The van der Waals surface area contributed by atoms with Crippen LogP contribution in [0.2, 0.25) is 5.15 Å². The number of rotatable bonds is 4. The Morgan fingerprint density at radius 2 is 1.95 bits per heavy atom. The molecule has 5 heteroatoms. The van der Waals surface area contributed by atoms with Gasteiger partial charge < -0.3 is 4.90 Å². The van der Waals surface area contributed by atoms with E-state index in [1.54, 1.807) is 11.3 Å². The molecule has 20 heavy (non-hydrogen) atoms. The van der Waals surface area contributed by atoms with Crippen LogP contribution in [0, 0.1) is 6.92 Å². The van der Waals surface area contributed by atoms with Gasteiger partial charge in [-0.1, -0.05) is 31.5 Å². The molecule has 3 nitrogen and oxygen atoms in total. The van der Waals surface area contributed by atoms with Gasteiger partial charge in [0, 0.05) is 23.4 Å². The van der Waals surface area contributed by atoms with Crippen LogP contribution in [0.5, 0.6) is 0 Å². The third-order valence-electron chi connectivity index (χ3n) is 3.46. The van der Waals surface area contributed by atoms with Crippen LogP contribution in [0.3, 0.4) is 0 Å². The number of hydrogen-bond donors (Lipinski definition) is 0. The Morgan fingerprint density at radius 1 is 1.25 bits per heavy atom. The second kappa shape index (κ2) is 6.10. The molecule has 0 N–H and O–H groups in total. The summed E-state index contributed by atoms with van der Waals surface area (Å²) in [6, 6.07) is 4.48. The van der Waals surface area contributed by atoms with E-state index in [4.69, 9.17) is 16.6 Å². The van der Waals surface area contributed by atoms with E-state index in [9.17, 15) is 0 Å². The van der Waals surface area contributed by atoms with Crippen molar-refractivity contribution in [1.82, 2.24) is 9.97 Å². The predicted octanol–water partition coefficient (Wildman–Crippen LogP) is 4.82. The molecule has 0 aliphatic carbocycles. The molecule has 2 rings (SSSR count). The fourth-order valence-electron chi connectivity index (χ4n) is 2.00. The molecule has 0 amide bonds. The van der Waals surface area contributed by atoms with Gasteiger partial charge in [-0.3, -0.25) is 0 Å². The number of anilines is 1. The average molecular weight is 310 g/mol. The van der Waals surface area contributed by atoms with Crippen molar-refractivity contribution in [2.24, 2.45) is 0 Å². The van der Waals surface area contributed by atoms with E-state index in [0.29, 0.717) is 5.15 Å². The maximum absolute atomic E-state index is 6.26. The Labute approximate surface area is 129 Å². The smallest absolute Gasteiger partial charge is 0.137 e. The summed E-state index contributed by atoms with van der Waals surface area (Å²) in [5.74, 6) is 1.97. The summed E-state index contributed by atoms with van der Waals surface area (Å²) >= 11 is 8.02. The van der Waals surface area contributed by atoms with Crippen LogP contribution in [0.15, 0.2) is 17.5 Å². The van der Waals surface area contributed by atoms with E-state index < -0.39 is 0 Å². The van der Waals surface area contributed by atoms with E-state index in [-0.39, 0.29) is 12.0 Å². The first-order chi connectivity index (χ1) is 9.41. The summed E-state index contributed by atoms with van der Waals surface area (Å²) in [7, 11) is 2.06. The fourth-order valence-corrected chi connectivity index (χ4v) is 3.00.